The zero-order valence-electron chi connectivity index (χ0n) is 20.5. The van der Waals surface area contributed by atoms with Gasteiger partial charge in [-0.3, -0.25) is 4.79 Å². The van der Waals surface area contributed by atoms with E-state index in [-0.39, 0.29) is 22.4 Å². The summed E-state index contributed by atoms with van der Waals surface area (Å²) >= 11 is 0. The minimum Gasteiger partial charge on any atom is -0.496 e. The van der Waals surface area contributed by atoms with Gasteiger partial charge in [-0.15, -0.1) is 0 Å². The van der Waals surface area contributed by atoms with E-state index < -0.39 is 30.4 Å². The lowest BCUT2D eigenvalue weighted by atomic mass is 10.0. The van der Waals surface area contributed by atoms with Crippen molar-refractivity contribution in [1.82, 2.24) is 0 Å². The van der Waals surface area contributed by atoms with E-state index in [1.807, 2.05) is 6.07 Å². The summed E-state index contributed by atoms with van der Waals surface area (Å²) < 4.78 is 20.1. The summed E-state index contributed by atoms with van der Waals surface area (Å²) in [6.07, 6.45) is 1.61. The zero-order chi connectivity index (χ0) is 26.8. The number of ether oxygens (including phenoxy) is 4. The average Bonchev–Trinajstić information content (AvgIpc) is 2.94. The Labute approximate surface area is 213 Å². The topological polar surface area (TPSA) is 117 Å². The van der Waals surface area contributed by atoms with Gasteiger partial charge in [-0.1, -0.05) is 48.5 Å². The van der Waals surface area contributed by atoms with Gasteiger partial charge in [-0.2, -0.15) is 0 Å². The summed E-state index contributed by atoms with van der Waals surface area (Å²) in [6.45, 7) is -0.655. The van der Waals surface area contributed by atoms with E-state index >= 15 is 0 Å². The van der Waals surface area contributed by atoms with Gasteiger partial charge in [0.1, 0.15) is 5.75 Å². The minimum atomic E-state index is -0.747. The van der Waals surface area contributed by atoms with Crippen LogP contribution in [0.5, 0.6) is 5.75 Å². The van der Waals surface area contributed by atoms with E-state index in [4.69, 9.17) is 14.2 Å². The normalized spacial score (nSPS) is 10.7. The van der Waals surface area contributed by atoms with E-state index in [2.05, 4.69) is 10.1 Å². The molecule has 0 aliphatic carbocycles. The Hall–Kier alpha value is -4.92. The molecule has 0 radical (unpaired) electrons. The molecule has 0 spiro atoms. The summed E-state index contributed by atoms with van der Waals surface area (Å²) in [7, 11) is 3.91. The Morgan fingerprint density at radius 3 is 2.14 bits per heavy atom. The third kappa shape index (κ3) is 6.82. The Kier molecular flexibility index (Phi) is 9.15. The number of esters is 3. The van der Waals surface area contributed by atoms with Crippen LogP contribution in [0.15, 0.2) is 72.8 Å². The van der Waals surface area contributed by atoms with Crippen molar-refractivity contribution in [3.05, 3.63) is 95.1 Å². The second-order valence-electron chi connectivity index (χ2n) is 7.53. The van der Waals surface area contributed by atoms with Crippen LogP contribution in [0.2, 0.25) is 0 Å². The molecule has 3 aromatic rings. The number of methoxy groups -OCH3 is 3. The maximum Gasteiger partial charge on any atom is 0.339 e. The Morgan fingerprint density at radius 2 is 1.46 bits per heavy atom. The largest absolute Gasteiger partial charge is 0.496 e. The van der Waals surface area contributed by atoms with Crippen LogP contribution in [0.3, 0.4) is 0 Å². The van der Waals surface area contributed by atoms with Crippen LogP contribution in [0, 0.1) is 0 Å². The summed E-state index contributed by atoms with van der Waals surface area (Å²) in [6, 6.07) is 19.9. The van der Waals surface area contributed by atoms with E-state index in [1.54, 1.807) is 54.6 Å². The number of hydrogen-bond donors (Lipinski definition) is 1. The van der Waals surface area contributed by atoms with E-state index in [1.165, 1.54) is 39.5 Å². The fourth-order valence-corrected chi connectivity index (χ4v) is 3.39. The predicted octanol–water partition coefficient (Wildman–Crippen LogP) is 3.99. The summed E-state index contributed by atoms with van der Waals surface area (Å²) in [4.78, 5) is 49.7. The van der Waals surface area contributed by atoms with Crippen LogP contribution in [0.4, 0.5) is 5.69 Å². The maximum atomic E-state index is 13.1. The Morgan fingerprint density at radius 1 is 0.784 bits per heavy atom. The summed E-state index contributed by atoms with van der Waals surface area (Å²) in [5, 5.41) is 2.48. The number of anilines is 1. The lowest BCUT2D eigenvalue weighted by molar-refractivity contribution is -0.141. The first kappa shape index (κ1) is 26.7. The molecule has 1 N–H and O–H groups in total. The van der Waals surface area contributed by atoms with Crippen LogP contribution in [-0.2, 0) is 23.8 Å². The lowest BCUT2D eigenvalue weighted by Crippen LogP contribution is -2.23. The first-order valence-electron chi connectivity index (χ1n) is 11.1. The average molecular weight is 504 g/mol. The van der Waals surface area contributed by atoms with E-state index in [9.17, 15) is 19.2 Å². The number of carbonyl (C=O) groups excluding carboxylic acids is 4. The third-order valence-corrected chi connectivity index (χ3v) is 5.20. The van der Waals surface area contributed by atoms with Gasteiger partial charge >= 0.3 is 17.9 Å². The molecule has 0 bridgehead atoms. The molecule has 1 amide bonds. The molecule has 0 saturated heterocycles. The highest BCUT2D eigenvalue weighted by atomic mass is 16.5. The molecule has 0 heterocycles. The molecule has 3 aromatic carbocycles. The van der Waals surface area contributed by atoms with Gasteiger partial charge in [0.2, 0.25) is 0 Å². The van der Waals surface area contributed by atoms with Crippen molar-refractivity contribution in [3.8, 4) is 5.75 Å². The Balaban J connectivity index is 1.82. The molecule has 0 aliphatic rings. The Bertz CT molecular complexity index is 1330. The number of carbonyl (C=O) groups is 4. The molecule has 3 rings (SSSR count). The molecular formula is C28H25NO8. The molecule has 9 heteroatoms. The standard InChI is InChI=1S/C28H25NO8/c1-34-24-12-8-7-11-19(24)15-22(18-9-5-4-6-10-18)28(33)37-17-25(30)29-23-16-20(26(31)35-2)13-14-21(23)27(32)36-3/h4-16H,17H2,1-3H3,(H,29,30)/b22-15+. The van der Waals surface area contributed by atoms with E-state index in [0.717, 1.165) is 0 Å². The molecule has 0 atom stereocenters. The first-order valence-corrected chi connectivity index (χ1v) is 11.1. The third-order valence-electron chi connectivity index (χ3n) is 5.20. The highest BCUT2D eigenvalue weighted by Gasteiger charge is 2.20. The van der Waals surface area contributed by atoms with Gasteiger partial charge in [0.25, 0.3) is 5.91 Å². The lowest BCUT2D eigenvalue weighted by Gasteiger charge is -2.13. The van der Waals surface area contributed by atoms with Crippen LogP contribution >= 0.6 is 0 Å². The number of rotatable bonds is 9. The number of hydrogen-bond acceptors (Lipinski definition) is 8. The molecule has 0 saturated carbocycles. The van der Waals surface area contributed by atoms with Gasteiger partial charge in [-0.25, -0.2) is 14.4 Å². The van der Waals surface area contributed by atoms with Crippen molar-refractivity contribution < 1.29 is 38.1 Å². The molecule has 9 nitrogen and oxygen atoms in total. The van der Waals surface area contributed by atoms with Crippen molar-refractivity contribution in [2.45, 2.75) is 0 Å². The fraction of sp³-hybridized carbons (Fsp3) is 0.143. The van der Waals surface area contributed by atoms with Gasteiger partial charge in [-0.05, 0) is 35.9 Å². The van der Waals surface area contributed by atoms with Crippen molar-refractivity contribution in [1.29, 1.82) is 0 Å². The molecule has 37 heavy (non-hydrogen) atoms. The molecule has 0 aliphatic heterocycles. The maximum absolute atomic E-state index is 13.1. The van der Waals surface area contributed by atoms with Gasteiger partial charge in [0.05, 0.1) is 43.7 Å². The van der Waals surface area contributed by atoms with Crippen LogP contribution in [0.25, 0.3) is 11.6 Å². The van der Waals surface area contributed by atoms with E-state index in [0.29, 0.717) is 16.9 Å². The molecule has 190 valence electrons. The van der Waals surface area contributed by atoms with Crippen molar-refractivity contribution in [2.24, 2.45) is 0 Å². The molecule has 0 aromatic heterocycles. The zero-order valence-corrected chi connectivity index (χ0v) is 20.5. The number of para-hydroxylation sites is 1. The number of nitrogens with one attached hydrogen (secondary N) is 1. The van der Waals surface area contributed by atoms with Crippen LogP contribution in [0.1, 0.15) is 31.8 Å². The van der Waals surface area contributed by atoms with Crippen molar-refractivity contribution in [3.63, 3.8) is 0 Å². The quantitative estimate of drug-likeness (QED) is 0.202. The molecule has 0 unspecified atom stereocenters. The minimum absolute atomic E-state index is 0.00338. The number of benzene rings is 3. The van der Waals surface area contributed by atoms with Gasteiger partial charge in [0, 0.05) is 5.56 Å². The van der Waals surface area contributed by atoms with Crippen molar-refractivity contribution in [2.75, 3.05) is 33.3 Å². The SMILES string of the molecule is COC(=O)c1ccc(C(=O)OC)c(NC(=O)COC(=O)/C(=C/c2ccccc2OC)c2ccccc2)c1. The summed E-state index contributed by atoms with van der Waals surface area (Å²) in [5.74, 6) is -2.31. The first-order chi connectivity index (χ1) is 17.9. The second kappa shape index (κ2) is 12.7. The highest BCUT2D eigenvalue weighted by molar-refractivity contribution is 6.22. The number of amides is 1. The summed E-state index contributed by atoms with van der Waals surface area (Å²) in [5.41, 5.74) is 1.55. The van der Waals surface area contributed by atoms with Crippen LogP contribution in [-0.4, -0.2) is 51.8 Å². The second-order valence-corrected chi connectivity index (χ2v) is 7.53. The molecule has 0 fully saturated rings. The van der Waals surface area contributed by atoms with Gasteiger partial charge in [0.15, 0.2) is 6.61 Å². The predicted molar refractivity (Wildman–Crippen MR) is 136 cm³/mol. The molecular weight excluding hydrogens is 478 g/mol. The van der Waals surface area contributed by atoms with Crippen molar-refractivity contribution >= 4 is 41.2 Å². The smallest absolute Gasteiger partial charge is 0.339 e. The van der Waals surface area contributed by atoms with Crippen LogP contribution < -0.4 is 10.1 Å². The van der Waals surface area contributed by atoms with Gasteiger partial charge < -0.3 is 24.3 Å². The monoisotopic (exact) mass is 503 g/mol. The fourth-order valence-electron chi connectivity index (χ4n) is 3.39. The highest BCUT2D eigenvalue weighted by Crippen LogP contribution is 2.26.